The topological polar surface area (TPSA) is 186 Å². The molecule has 0 radical (unpaired) electrons. The van der Waals surface area contributed by atoms with Gasteiger partial charge >= 0.3 is 29.8 Å². The van der Waals surface area contributed by atoms with Crippen LogP contribution in [-0.4, -0.2) is 55.4 Å². The highest BCUT2D eigenvalue weighted by Gasteiger charge is 2.18. The van der Waals surface area contributed by atoms with E-state index >= 15 is 0 Å². The zero-order chi connectivity index (χ0) is 40.6. The molecule has 0 atom stereocenters. The molecule has 280 valence electrons. The van der Waals surface area contributed by atoms with Gasteiger partial charge in [0.25, 0.3) is 0 Å². The minimum Gasteiger partial charge on any atom is -0.478 e. The number of rotatable bonds is 10. The molecule has 0 aliphatic heterocycles. The summed E-state index contributed by atoms with van der Waals surface area (Å²) in [5.74, 6) is -5.15. The highest BCUT2D eigenvalue weighted by Crippen LogP contribution is 2.42. The van der Waals surface area contributed by atoms with Gasteiger partial charge in [0.1, 0.15) is 0 Å². The minimum atomic E-state index is -1.06. The number of carboxylic acid groups (broad SMARTS) is 5. The Morgan fingerprint density at radius 2 is 0.439 bits per heavy atom. The van der Waals surface area contributed by atoms with E-state index in [1.54, 1.807) is 60.7 Å². The van der Waals surface area contributed by atoms with Crippen LogP contribution in [0, 0.1) is 0 Å². The molecule has 0 aliphatic carbocycles. The molecule has 10 nitrogen and oxygen atoms in total. The lowest BCUT2D eigenvalue weighted by molar-refractivity contribution is 0.0686. The first kappa shape index (κ1) is 38.6. The summed E-state index contributed by atoms with van der Waals surface area (Å²) in [5.41, 5.74) is 8.59. The molecular weight excluding hydrogens is 725 g/mol. The van der Waals surface area contributed by atoms with Crippen LogP contribution in [0.3, 0.4) is 0 Å². The Morgan fingerprint density at radius 1 is 0.246 bits per heavy atom. The number of carboxylic acids is 5. The molecule has 10 heteroatoms. The Hall–Kier alpha value is -8.11. The van der Waals surface area contributed by atoms with Crippen LogP contribution in [0.2, 0.25) is 0 Å². The molecule has 57 heavy (non-hydrogen) atoms. The van der Waals surface area contributed by atoms with E-state index in [1.807, 2.05) is 54.6 Å². The Kier molecular flexibility index (Phi) is 11.5. The number of benzene rings is 7. The van der Waals surface area contributed by atoms with Gasteiger partial charge in [-0.25, -0.2) is 24.0 Å². The average molecular weight is 757 g/mol. The molecule has 5 N–H and O–H groups in total. The van der Waals surface area contributed by atoms with E-state index in [-0.39, 0.29) is 22.3 Å². The third kappa shape index (κ3) is 8.99. The normalized spacial score (nSPS) is 10.5. The van der Waals surface area contributed by atoms with Crippen molar-refractivity contribution in [3.63, 3.8) is 0 Å². The predicted molar refractivity (Wildman–Crippen MR) is 215 cm³/mol. The first-order valence-electron chi connectivity index (χ1n) is 17.3. The summed E-state index contributed by atoms with van der Waals surface area (Å²) in [5, 5.41) is 46.3. The van der Waals surface area contributed by atoms with Crippen LogP contribution in [0.1, 0.15) is 51.8 Å². The molecule has 7 aromatic rings. The van der Waals surface area contributed by atoms with Gasteiger partial charge in [0.05, 0.1) is 27.8 Å². The lowest BCUT2D eigenvalue weighted by atomic mass is 9.85. The Labute approximate surface area is 325 Å². The van der Waals surface area contributed by atoms with Crippen molar-refractivity contribution in [1.82, 2.24) is 0 Å². The second-order valence-electron chi connectivity index (χ2n) is 12.7. The van der Waals surface area contributed by atoms with E-state index in [0.717, 1.165) is 33.4 Å². The Balaban J connectivity index is 0.000000305. The number of aromatic carboxylic acids is 5. The number of hydrogen-bond donors (Lipinski definition) is 5. The molecular formula is C47H32O10. The highest BCUT2D eigenvalue weighted by molar-refractivity contribution is 5.98. The maximum atomic E-state index is 11.5. The summed E-state index contributed by atoms with van der Waals surface area (Å²) in [6, 6.07) is 46.0. The summed E-state index contributed by atoms with van der Waals surface area (Å²) < 4.78 is 0. The largest absolute Gasteiger partial charge is 0.478 e. The van der Waals surface area contributed by atoms with Gasteiger partial charge in [-0.05, 0) is 128 Å². The molecule has 0 saturated heterocycles. The predicted octanol–water partition coefficient (Wildman–Crippen LogP) is 10.2. The maximum Gasteiger partial charge on any atom is 0.335 e. The van der Waals surface area contributed by atoms with Crippen molar-refractivity contribution in [2.45, 2.75) is 0 Å². The van der Waals surface area contributed by atoms with E-state index in [0.29, 0.717) is 27.8 Å². The Bertz CT molecular complexity index is 2320. The van der Waals surface area contributed by atoms with Crippen LogP contribution in [0.15, 0.2) is 164 Å². The molecule has 7 rings (SSSR count). The molecule has 0 heterocycles. The van der Waals surface area contributed by atoms with Crippen molar-refractivity contribution in [3.8, 4) is 55.6 Å². The number of hydrogen-bond acceptors (Lipinski definition) is 5. The summed E-state index contributed by atoms with van der Waals surface area (Å²) in [7, 11) is 0. The fraction of sp³-hybridized carbons (Fsp3) is 0. The summed E-state index contributed by atoms with van der Waals surface area (Å²) >= 11 is 0. The van der Waals surface area contributed by atoms with Gasteiger partial charge in [0.2, 0.25) is 0 Å². The van der Waals surface area contributed by atoms with Gasteiger partial charge in [0.15, 0.2) is 0 Å². The van der Waals surface area contributed by atoms with Crippen molar-refractivity contribution in [3.05, 3.63) is 192 Å². The van der Waals surface area contributed by atoms with Gasteiger partial charge in [-0.1, -0.05) is 91.0 Å². The first-order chi connectivity index (χ1) is 27.4. The van der Waals surface area contributed by atoms with E-state index in [9.17, 15) is 44.4 Å². The van der Waals surface area contributed by atoms with E-state index < -0.39 is 29.8 Å². The fourth-order valence-corrected chi connectivity index (χ4v) is 6.16. The molecule has 0 aromatic heterocycles. The second-order valence-corrected chi connectivity index (χ2v) is 12.7. The van der Waals surface area contributed by atoms with Crippen molar-refractivity contribution >= 4 is 29.8 Å². The highest BCUT2D eigenvalue weighted by atomic mass is 16.4. The lowest BCUT2D eigenvalue weighted by Crippen LogP contribution is -1.98. The molecule has 7 aromatic carbocycles. The quantitative estimate of drug-likeness (QED) is 0.0899. The second kappa shape index (κ2) is 16.9. The zero-order valence-electron chi connectivity index (χ0n) is 29.9. The molecule has 0 amide bonds. The minimum absolute atomic E-state index is 0.116. The van der Waals surface area contributed by atoms with Crippen molar-refractivity contribution in [2.24, 2.45) is 0 Å². The maximum absolute atomic E-state index is 11.5. The molecule has 0 unspecified atom stereocenters. The fourth-order valence-electron chi connectivity index (χ4n) is 6.16. The van der Waals surface area contributed by atoms with Gasteiger partial charge in [-0.2, -0.15) is 0 Å². The van der Waals surface area contributed by atoms with E-state index in [4.69, 9.17) is 5.11 Å². The standard InChI is InChI=1S/C34H22O8.C13H10O2/c35-31(36)23-9-1-19(2-10-23)27-17-29(21-5-13-25(14-6-21)33(39)40)30(22-7-15-26(16-8-22)34(41)42)18-28(27)20-3-11-24(12-4-20)32(37)38;14-13(15)12-8-6-11(7-9-12)10-4-2-1-3-5-10/h1-18H,(H,35,36)(H,37,38)(H,39,40)(H,41,42);1-9H,(H,14,15). The van der Waals surface area contributed by atoms with Crippen molar-refractivity contribution in [1.29, 1.82) is 0 Å². The van der Waals surface area contributed by atoms with Gasteiger partial charge in [-0.3, -0.25) is 0 Å². The average Bonchev–Trinajstić information content (AvgIpc) is 3.24. The van der Waals surface area contributed by atoms with Gasteiger partial charge in [-0.15, -0.1) is 0 Å². The molecule has 0 spiro atoms. The molecule has 0 aliphatic rings. The van der Waals surface area contributed by atoms with Crippen molar-refractivity contribution < 1.29 is 49.5 Å². The van der Waals surface area contributed by atoms with Crippen LogP contribution in [0.5, 0.6) is 0 Å². The molecule has 0 saturated carbocycles. The molecule has 0 bridgehead atoms. The van der Waals surface area contributed by atoms with Crippen LogP contribution in [0.4, 0.5) is 0 Å². The first-order valence-corrected chi connectivity index (χ1v) is 17.3. The van der Waals surface area contributed by atoms with Crippen LogP contribution in [-0.2, 0) is 0 Å². The van der Waals surface area contributed by atoms with Gasteiger partial charge < -0.3 is 25.5 Å². The summed E-state index contributed by atoms with van der Waals surface area (Å²) in [6.07, 6.45) is 0. The van der Waals surface area contributed by atoms with Crippen LogP contribution >= 0.6 is 0 Å². The van der Waals surface area contributed by atoms with E-state index in [1.165, 1.54) is 48.5 Å². The zero-order valence-corrected chi connectivity index (χ0v) is 29.9. The monoisotopic (exact) mass is 756 g/mol. The molecule has 0 fully saturated rings. The van der Waals surface area contributed by atoms with E-state index in [2.05, 4.69) is 0 Å². The van der Waals surface area contributed by atoms with Crippen LogP contribution in [0.25, 0.3) is 55.6 Å². The van der Waals surface area contributed by atoms with Gasteiger partial charge in [0, 0.05) is 0 Å². The summed E-state index contributed by atoms with van der Waals surface area (Å²) in [6.45, 7) is 0. The number of carbonyl (C=O) groups is 5. The lowest BCUT2D eigenvalue weighted by Gasteiger charge is -2.19. The smallest absolute Gasteiger partial charge is 0.335 e. The van der Waals surface area contributed by atoms with Crippen LogP contribution < -0.4 is 0 Å². The van der Waals surface area contributed by atoms with Crippen molar-refractivity contribution in [2.75, 3.05) is 0 Å². The Morgan fingerprint density at radius 3 is 0.649 bits per heavy atom. The third-order valence-electron chi connectivity index (χ3n) is 9.17. The third-order valence-corrected chi connectivity index (χ3v) is 9.17. The SMILES string of the molecule is O=C(O)c1ccc(-c2cc(-c3ccc(C(=O)O)cc3)c(-c3ccc(C(=O)O)cc3)cc2-c2ccc(C(=O)O)cc2)cc1.O=C(O)c1ccc(-c2ccccc2)cc1. The summed E-state index contributed by atoms with van der Waals surface area (Å²) in [4.78, 5) is 56.6.